The number of carbonyl (C=O) groups is 4. The number of hydrogen-bond acceptors (Lipinski definition) is 9. The standard InChI is InChI=1S/C28H37N3O7S/c1-17(2)22-27(34)37-13-11-36-12-14-38-28(35)23(18(3)4)30-26(33)21-16-31(5)15-20(25(32)29-22)24(21)39-19-9-7-6-8-10-19/h6-10,15-18,22-24H,11-14H2,1-5H3,(H,29,32)(H,30,33)/t22-,23-/m0/s1. The van der Waals surface area contributed by atoms with Gasteiger partial charge in [0.25, 0.3) is 11.8 Å². The van der Waals surface area contributed by atoms with Crippen molar-refractivity contribution < 1.29 is 33.4 Å². The van der Waals surface area contributed by atoms with Gasteiger partial charge in [0, 0.05) is 24.3 Å². The Morgan fingerprint density at radius 3 is 1.67 bits per heavy atom. The lowest BCUT2D eigenvalue weighted by molar-refractivity contribution is -0.152. The molecule has 0 radical (unpaired) electrons. The number of rotatable bonds is 4. The number of nitrogens with zero attached hydrogens (tertiary/aromatic N) is 1. The first-order valence-corrected chi connectivity index (χ1v) is 13.9. The minimum atomic E-state index is -0.903. The van der Waals surface area contributed by atoms with Gasteiger partial charge in [-0.25, -0.2) is 9.59 Å². The predicted octanol–water partition coefficient (Wildman–Crippen LogP) is 2.26. The van der Waals surface area contributed by atoms with Crippen molar-refractivity contribution in [1.29, 1.82) is 0 Å². The average Bonchev–Trinajstić information content (AvgIpc) is 2.89. The van der Waals surface area contributed by atoms with Crippen molar-refractivity contribution >= 4 is 35.5 Å². The van der Waals surface area contributed by atoms with Crippen LogP contribution in [0.3, 0.4) is 0 Å². The largest absolute Gasteiger partial charge is 0.462 e. The second-order valence-corrected chi connectivity index (χ2v) is 11.2. The van der Waals surface area contributed by atoms with Crippen molar-refractivity contribution in [3.05, 3.63) is 53.9 Å². The molecule has 2 atom stereocenters. The molecule has 1 aromatic carbocycles. The van der Waals surface area contributed by atoms with Crippen LogP contribution in [0.1, 0.15) is 27.7 Å². The summed E-state index contributed by atoms with van der Waals surface area (Å²) in [5, 5.41) is 4.91. The van der Waals surface area contributed by atoms with Crippen LogP contribution in [0.2, 0.25) is 0 Å². The normalized spacial score (nSPS) is 22.7. The molecular weight excluding hydrogens is 522 g/mol. The maximum absolute atomic E-state index is 13.7. The summed E-state index contributed by atoms with van der Waals surface area (Å²) in [4.78, 5) is 55.5. The van der Waals surface area contributed by atoms with Gasteiger partial charge >= 0.3 is 11.9 Å². The molecule has 2 aliphatic rings. The van der Waals surface area contributed by atoms with Gasteiger partial charge in [-0.3, -0.25) is 9.59 Å². The summed E-state index contributed by atoms with van der Waals surface area (Å²) >= 11 is 1.33. The van der Waals surface area contributed by atoms with Crippen molar-refractivity contribution in [2.75, 3.05) is 33.5 Å². The van der Waals surface area contributed by atoms with E-state index >= 15 is 0 Å². The third-order valence-electron chi connectivity index (χ3n) is 6.13. The first-order chi connectivity index (χ1) is 18.6. The lowest BCUT2D eigenvalue weighted by Gasteiger charge is -2.31. The molecular formula is C28H37N3O7S. The van der Waals surface area contributed by atoms with Crippen LogP contribution in [0.25, 0.3) is 0 Å². The number of amides is 2. The first-order valence-electron chi connectivity index (χ1n) is 13.0. The number of cyclic esters (lactones) is 2. The quantitative estimate of drug-likeness (QED) is 0.535. The van der Waals surface area contributed by atoms with Crippen molar-refractivity contribution in [2.24, 2.45) is 11.8 Å². The van der Waals surface area contributed by atoms with Gasteiger partial charge in [-0.2, -0.15) is 0 Å². The Balaban J connectivity index is 2.01. The molecule has 2 aliphatic heterocycles. The summed E-state index contributed by atoms with van der Waals surface area (Å²) in [6.07, 6.45) is 3.27. The molecule has 1 saturated heterocycles. The molecule has 2 bridgehead atoms. The molecule has 1 fully saturated rings. The third kappa shape index (κ3) is 8.34. The number of fused-ring (bicyclic) bond motifs is 2. The SMILES string of the molecule is CC(C)[C@@H]1NC(=O)C2=CN(C)C=C(C(=O)N[C@@H](C(C)C)C(=O)OCCOCCOC1=O)C2Sc1ccccc1. The van der Waals surface area contributed by atoms with Crippen LogP contribution < -0.4 is 10.6 Å². The van der Waals surface area contributed by atoms with Gasteiger partial charge in [-0.1, -0.05) is 45.9 Å². The molecule has 3 rings (SSSR count). The van der Waals surface area contributed by atoms with E-state index in [1.165, 1.54) is 11.8 Å². The molecule has 11 heteroatoms. The summed E-state index contributed by atoms with van der Waals surface area (Å²) in [6.45, 7) is 7.43. The number of thioether (sulfide) groups is 1. The number of esters is 2. The van der Waals surface area contributed by atoms with Crippen LogP contribution in [-0.2, 0) is 33.4 Å². The maximum Gasteiger partial charge on any atom is 0.328 e. The Bertz CT molecular complexity index is 1040. The number of nitrogens with one attached hydrogen (secondary N) is 2. The van der Waals surface area contributed by atoms with E-state index < -0.39 is 41.1 Å². The number of benzene rings is 1. The molecule has 1 aromatic rings. The highest BCUT2D eigenvalue weighted by molar-refractivity contribution is 8.00. The fourth-order valence-electron chi connectivity index (χ4n) is 4.03. The Morgan fingerprint density at radius 1 is 0.769 bits per heavy atom. The topological polar surface area (TPSA) is 123 Å². The van der Waals surface area contributed by atoms with E-state index in [9.17, 15) is 19.2 Å². The zero-order valence-corrected chi connectivity index (χ0v) is 23.8. The molecule has 212 valence electrons. The second-order valence-electron chi connectivity index (χ2n) is 9.98. The zero-order valence-electron chi connectivity index (χ0n) is 23.0. The van der Waals surface area contributed by atoms with Gasteiger partial charge in [-0.15, -0.1) is 11.8 Å². The molecule has 0 spiro atoms. The summed E-state index contributed by atoms with van der Waals surface area (Å²) in [7, 11) is 1.71. The summed E-state index contributed by atoms with van der Waals surface area (Å²) in [5.41, 5.74) is 0.566. The average molecular weight is 560 g/mol. The first kappa shape index (κ1) is 30.2. The molecule has 2 amide bonds. The molecule has 39 heavy (non-hydrogen) atoms. The number of ether oxygens (including phenoxy) is 3. The molecule has 2 heterocycles. The van der Waals surface area contributed by atoms with E-state index in [0.29, 0.717) is 0 Å². The van der Waals surface area contributed by atoms with Crippen molar-refractivity contribution in [3.63, 3.8) is 0 Å². The summed E-state index contributed by atoms with van der Waals surface area (Å²) < 4.78 is 16.1. The molecule has 0 unspecified atom stereocenters. The van der Waals surface area contributed by atoms with Crippen molar-refractivity contribution in [1.82, 2.24) is 15.5 Å². The van der Waals surface area contributed by atoms with E-state index in [4.69, 9.17) is 14.2 Å². The van der Waals surface area contributed by atoms with E-state index in [2.05, 4.69) is 10.6 Å². The zero-order chi connectivity index (χ0) is 28.5. The second kappa shape index (κ2) is 14.2. The highest BCUT2D eigenvalue weighted by Gasteiger charge is 2.37. The maximum atomic E-state index is 13.7. The minimum Gasteiger partial charge on any atom is -0.462 e. The van der Waals surface area contributed by atoms with Gasteiger partial charge < -0.3 is 29.7 Å². The van der Waals surface area contributed by atoms with Crippen LogP contribution in [-0.4, -0.2) is 79.5 Å². The smallest absolute Gasteiger partial charge is 0.328 e. The Hall–Kier alpha value is -3.31. The van der Waals surface area contributed by atoms with Gasteiger partial charge in [0.15, 0.2) is 0 Å². The van der Waals surface area contributed by atoms with Crippen LogP contribution in [0, 0.1) is 11.8 Å². The van der Waals surface area contributed by atoms with Crippen molar-refractivity contribution in [3.8, 4) is 0 Å². The van der Waals surface area contributed by atoms with Gasteiger partial charge in [0.1, 0.15) is 25.3 Å². The van der Waals surface area contributed by atoms with Crippen LogP contribution >= 0.6 is 11.8 Å². The van der Waals surface area contributed by atoms with Crippen molar-refractivity contribution in [2.45, 2.75) is 49.9 Å². The van der Waals surface area contributed by atoms with Gasteiger partial charge in [-0.05, 0) is 24.0 Å². The fraction of sp³-hybridized carbons (Fsp3) is 0.500. The highest BCUT2D eigenvalue weighted by Crippen LogP contribution is 2.36. The molecule has 2 N–H and O–H groups in total. The van der Waals surface area contributed by atoms with Crippen LogP contribution in [0.5, 0.6) is 0 Å². The van der Waals surface area contributed by atoms with Gasteiger partial charge in [0.05, 0.1) is 29.6 Å². The monoisotopic (exact) mass is 559 g/mol. The minimum absolute atomic E-state index is 0.0125. The van der Waals surface area contributed by atoms with E-state index in [-0.39, 0.29) is 49.4 Å². The Labute approximate surface area is 233 Å². The number of hydrogen-bond donors (Lipinski definition) is 2. The molecule has 0 saturated carbocycles. The molecule has 0 aliphatic carbocycles. The Morgan fingerprint density at radius 2 is 1.23 bits per heavy atom. The lowest BCUT2D eigenvalue weighted by atomic mass is 9.98. The number of carbonyl (C=O) groups excluding carboxylic acids is 4. The lowest BCUT2D eigenvalue weighted by Crippen LogP contribution is -2.50. The van der Waals surface area contributed by atoms with Gasteiger partial charge in [0.2, 0.25) is 0 Å². The van der Waals surface area contributed by atoms with E-state index in [0.717, 1.165) is 4.90 Å². The predicted molar refractivity (Wildman–Crippen MR) is 146 cm³/mol. The van der Waals surface area contributed by atoms with Crippen LogP contribution in [0.15, 0.2) is 58.8 Å². The fourth-order valence-corrected chi connectivity index (χ4v) is 5.20. The molecule has 0 aromatic heterocycles. The molecule has 10 nitrogen and oxygen atoms in total. The van der Waals surface area contributed by atoms with E-state index in [1.807, 2.05) is 58.0 Å². The third-order valence-corrected chi connectivity index (χ3v) is 7.42. The summed E-state index contributed by atoms with van der Waals surface area (Å²) in [5.74, 6) is -2.66. The van der Waals surface area contributed by atoms with E-state index in [1.54, 1.807) is 24.3 Å². The van der Waals surface area contributed by atoms with Crippen LogP contribution in [0.4, 0.5) is 0 Å². The summed E-state index contributed by atoms with van der Waals surface area (Å²) in [6, 6.07) is 7.58. The highest BCUT2D eigenvalue weighted by atomic mass is 32.2. The Kier molecular flexibility index (Phi) is 11.0.